The number of alkyl halides is 3. The standard InChI is InChI=1S/C46H57F3N6O11S/c1-25(2)64-31-14-16-34(50-23-31)35-20-28-19-30(63-8)13-15-33(28)39(51-35)66-32-21-36-38(56)52-45(41(58)53-67(61,62)44(7)17-18-44)22-29(45)12-10-9-11-26(3)65-27(4)37(40(57)54(36)24-32)55(42(59)60)43(5,6)46(47,48)49/h10,12-16,19-20,23,25-27,29,32,36-37H,9,11,17-18,21-22,24H2,1-8H3,(H,52,56)(H,53,58)(H,59,60)/b12-10-/t26-,27+,29-,32-,36+,37+,45-/m1/s1. The summed E-state index contributed by atoms with van der Waals surface area (Å²) < 4.78 is 96.1. The summed E-state index contributed by atoms with van der Waals surface area (Å²) in [4.78, 5) is 67.4. The Morgan fingerprint density at radius 1 is 1.07 bits per heavy atom. The van der Waals surface area contributed by atoms with Crippen molar-refractivity contribution in [3.63, 3.8) is 0 Å². The zero-order chi connectivity index (χ0) is 49.0. The molecule has 1 saturated heterocycles. The smallest absolute Gasteiger partial charge is 0.411 e. The summed E-state index contributed by atoms with van der Waals surface area (Å²) in [5, 5.41) is 14.4. The monoisotopic (exact) mass is 958 g/mol. The number of nitrogens with one attached hydrogen (secondary N) is 2. The number of ether oxygens (including phenoxy) is 4. The molecule has 3 fully saturated rings. The van der Waals surface area contributed by atoms with Crippen LogP contribution in [0.15, 0.2) is 54.7 Å². The van der Waals surface area contributed by atoms with Crippen molar-refractivity contribution in [3.05, 3.63) is 54.7 Å². The first-order chi connectivity index (χ1) is 31.3. The molecule has 2 aliphatic carbocycles. The van der Waals surface area contributed by atoms with E-state index < -0.39 is 98.7 Å². The highest BCUT2D eigenvalue weighted by atomic mass is 32.2. The molecule has 364 valence electrons. The Balaban J connectivity index is 1.31. The molecule has 7 atom stereocenters. The molecule has 3 aromatic rings. The quantitative estimate of drug-likeness (QED) is 0.184. The van der Waals surface area contributed by atoms with Crippen LogP contribution in [0, 0.1) is 5.92 Å². The number of amides is 4. The summed E-state index contributed by atoms with van der Waals surface area (Å²) in [5.74, 6) is -2.73. The average molecular weight is 959 g/mol. The van der Waals surface area contributed by atoms with E-state index in [4.69, 9.17) is 23.9 Å². The van der Waals surface area contributed by atoms with Gasteiger partial charge in [-0.1, -0.05) is 12.2 Å². The van der Waals surface area contributed by atoms with Crippen molar-refractivity contribution in [2.45, 2.75) is 145 Å². The zero-order valence-corrected chi connectivity index (χ0v) is 39.4. The minimum absolute atomic E-state index is 0.00302. The Morgan fingerprint density at radius 3 is 2.39 bits per heavy atom. The number of hydrogen-bond donors (Lipinski definition) is 3. The van der Waals surface area contributed by atoms with Crippen LogP contribution in [0.25, 0.3) is 22.2 Å². The Morgan fingerprint density at radius 2 is 1.78 bits per heavy atom. The second-order valence-corrected chi connectivity index (χ2v) is 21.1. The van der Waals surface area contributed by atoms with Crippen LogP contribution in [0.2, 0.25) is 0 Å². The van der Waals surface area contributed by atoms with Crippen molar-refractivity contribution in [3.8, 4) is 28.8 Å². The number of carbonyl (C=O) groups excluding carboxylic acids is 3. The highest BCUT2D eigenvalue weighted by molar-refractivity contribution is 7.91. The predicted octanol–water partition coefficient (Wildman–Crippen LogP) is 6.15. The van der Waals surface area contributed by atoms with E-state index in [-0.39, 0.29) is 36.1 Å². The fourth-order valence-corrected chi connectivity index (χ4v) is 9.97. The van der Waals surface area contributed by atoms with E-state index >= 15 is 4.79 Å². The number of methoxy groups -OCH3 is 1. The van der Waals surface area contributed by atoms with E-state index in [0.29, 0.717) is 66.8 Å². The number of hydrogen-bond acceptors (Lipinski definition) is 12. The Labute approximate surface area is 386 Å². The van der Waals surface area contributed by atoms with Gasteiger partial charge in [0, 0.05) is 17.7 Å². The van der Waals surface area contributed by atoms with Gasteiger partial charge < -0.3 is 34.3 Å². The van der Waals surface area contributed by atoms with Crippen LogP contribution in [0.3, 0.4) is 0 Å². The third-order valence-corrected chi connectivity index (χ3v) is 15.3. The molecule has 4 aliphatic rings. The summed E-state index contributed by atoms with van der Waals surface area (Å²) in [6.45, 7) is 8.98. The lowest BCUT2D eigenvalue weighted by Gasteiger charge is -2.45. The van der Waals surface area contributed by atoms with Gasteiger partial charge in [0.05, 0.1) is 54.3 Å². The van der Waals surface area contributed by atoms with Crippen LogP contribution in [-0.4, -0.2) is 129 Å². The van der Waals surface area contributed by atoms with Gasteiger partial charge in [-0.15, -0.1) is 0 Å². The minimum Gasteiger partial charge on any atom is -0.497 e. The van der Waals surface area contributed by atoms with Gasteiger partial charge in [0.25, 0.3) is 5.91 Å². The van der Waals surface area contributed by atoms with Gasteiger partial charge in [-0.3, -0.25) is 29.0 Å². The van der Waals surface area contributed by atoms with E-state index in [1.807, 2.05) is 13.8 Å². The number of fused-ring (bicyclic) bond motifs is 3. The number of carbonyl (C=O) groups is 4. The molecule has 2 aromatic heterocycles. The molecule has 0 bridgehead atoms. The van der Waals surface area contributed by atoms with Crippen LogP contribution < -0.4 is 24.2 Å². The topological polar surface area (TPSA) is 216 Å². The Bertz CT molecular complexity index is 2550. The molecule has 17 nitrogen and oxygen atoms in total. The van der Waals surface area contributed by atoms with Gasteiger partial charge in [0.15, 0.2) is 0 Å². The molecule has 21 heteroatoms. The molecule has 2 saturated carbocycles. The largest absolute Gasteiger partial charge is 0.497 e. The van der Waals surface area contributed by atoms with Gasteiger partial charge >= 0.3 is 12.3 Å². The predicted molar refractivity (Wildman–Crippen MR) is 238 cm³/mol. The van der Waals surface area contributed by atoms with Crippen LogP contribution in [0.1, 0.15) is 87.0 Å². The number of pyridine rings is 2. The number of benzene rings is 1. The first-order valence-corrected chi connectivity index (χ1v) is 23.7. The van der Waals surface area contributed by atoms with E-state index in [9.17, 15) is 41.1 Å². The number of halogens is 3. The third kappa shape index (κ3) is 9.84. The summed E-state index contributed by atoms with van der Waals surface area (Å²) in [7, 11) is -2.67. The second kappa shape index (κ2) is 18.1. The maximum atomic E-state index is 15.2. The van der Waals surface area contributed by atoms with E-state index in [0.717, 1.165) is 4.90 Å². The molecule has 67 heavy (non-hydrogen) atoms. The molecule has 4 heterocycles. The van der Waals surface area contributed by atoms with Gasteiger partial charge in [0.2, 0.25) is 27.7 Å². The van der Waals surface area contributed by atoms with Crippen LogP contribution in [0.5, 0.6) is 17.4 Å². The van der Waals surface area contributed by atoms with Crippen molar-refractivity contribution in [2.24, 2.45) is 5.92 Å². The lowest BCUT2D eigenvalue weighted by atomic mass is 9.96. The first-order valence-electron chi connectivity index (χ1n) is 22.2. The van der Waals surface area contributed by atoms with E-state index in [1.54, 1.807) is 55.5 Å². The molecule has 3 N–H and O–H groups in total. The number of nitrogens with zero attached hydrogens (tertiary/aromatic N) is 4. The minimum atomic E-state index is -5.18. The molecule has 4 amide bonds. The first kappa shape index (κ1) is 49.2. The second-order valence-electron chi connectivity index (χ2n) is 18.9. The van der Waals surface area contributed by atoms with Crippen molar-refractivity contribution in [1.82, 2.24) is 29.8 Å². The SMILES string of the molecule is COc1ccc2c(O[C@@H]3C[C@H]4C(=O)N[C@]5(C(=O)NS(=O)(=O)C6(C)CC6)C[C@H]5/C=C\CC[C@@H](C)O[C@@H](C)[C@H](N(C(=O)O)C(C)(C)C(F)(F)F)C(=O)N4C3)nc(-c3ccc(OC(C)C)cn3)cc2c1. The molecule has 1 aromatic carbocycles. The van der Waals surface area contributed by atoms with E-state index in [1.165, 1.54) is 27.2 Å². The molecular weight excluding hydrogens is 902 g/mol. The molecule has 7 rings (SSSR count). The maximum Gasteiger partial charge on any atom is 0.411 e. The molecule has 0 radical (unpaired) electrons. The molecule has 0 unspecified atom stereocenters. The van der Waals surface area contributed by atoms with Crippen molar-refractivity contribution in [2.75, 3.05) is 13.7 Å². The van der Waals surface area contributed by atoms with Crippen LogP contribution in [0.4, 0.5) is 18.0 Å². The van der Waals surface area contributed by atoms with E-state index in [2.05, 4.69) is 15.0 Å². The summed E-state index contributed by atoms with van der Waals surface area (Å²) in [6, 6.07) is 6.55. The van der Waals surface area contributed by atoms with Crippen molar-refractivity contribution < 1.29 is 64.8 Å². The normalized spacial score (nSPS) is 27.1. The Hall–Kier alpha value is -5.70. The van der Waals surface area contributed by atoms with Gasteiger partial charge in [-0.05, 0) is 122 Å². The average Bonchev–Trinajstić information content (AvgIpc) is 4.13. The number of sulfonamides is 1. The Kier molecular flexibility index (Phi) is 13.3. The lowest BCUT2D eigenvalue weighted by Crippen LogP contribution is -2.67. The summed E-state index contributed by atoms with van der Waals surface area (Å²) in [6.07, 6.45) is -4.80. The number of aromatic nitrogens is 2. The molecule has 0 spiro atoms. The fraction of sp³-hybridized carbons (Fsp3) is 0.565. The number of allylic oxidation sites excluding steroid dienone is 1. The van der Waals surface area contributed by atoms with Gasteiger partial charge in [-0.25, -0.2) is 18.2 Å². The highest BCUT2D eigenvalue weighted by Crippen LogP contribution is 2.48. The van der Waals surface area contributed by atoms with Gasteiger partial charge in [0.1, 0.15) is 40.8 Å². The molecular formula is C46H57F3N6O11S. The number of rotatable bonds is 11. The fourth-order valence-electron chi connectivity index (χ4n) is 8.66. The van der Waals surface area contributed by atoms with Crippen LogP contribution in [-0.2, 0) is 29.1 Å². The van der Waals surface area contributed by atoms with Crippen LogP contribution >= 0.6 is 0 Å². The molecule has 2 aliphatic heterocycles. The zero-order valence-electron chi connectivity index (χ0n) is 38.5. The van der Waals surface area contributed by atoms with Crippen molar-refractivity contribution in [1.29, 1.82) is 0 Å². The van der Waals surface area contributed by atoms with Crippen molar-refractivity contribution >= 4 is 44.6 Å². The number of carboxylic acid groups (broad SMARTS) is 1. The maximum absolute atomic E-state index is 15.2. The summed E-state index contributed by atoms with van der Waals surface area (Å²) >= 11 is 0. The lowest BCUT2D eigenvalue weighted by molar-refractivity contribution is -0.225. The third-order valence-electron chi connectivity index (χ3n) is 13.1. The summed E-state index contributed by atoms with van der Waals surface area (Å²) in [5.41, 5.74) is -4.14. The highest BCUT2D eigenvalue weighted by Gasteiger charge is 2.64. The van der Waals surface area contributed by atoms with Gasteiger partial charge in [-0.2, -0.15) is 13.2 Å².